The first-order valence-electron chi connectivity index (χ1n) is 5.99. The van der Waals surface area contributed by atoms with Crippen LogP contribution in [0.15, 0.2) is 0 Å². The van der Waals surface area contributed by atoms with Crippen LogP contribution in [0.5, 0.6) is 0 Å². The van der Waals surface area contributed by atoms with Gasteiger partial charge in [-0.25, -0.2) is 0 Å². The van der Waals surface area contributed by atoms with E-state index in [9.17, 15) is 4.79 Å². The Hall–Kier alpha value is -0.0700. The van der Waals surface area contributed by atoms with E-state index in [1.807, 2.05) is 6.92 Å². The van der Waals surface area contributed by atoms with Crippen molar-refractivity contribution in [3.63, 3.8) is 0 Å². The molecule has 7 heteroatoms. The van der Waals surface area contributed by atoms with E-state index in [-0.39, 0.29) is 36.8 Å². The average molecular weight is 302 g/mol. The number of hydrogen-bond donors (Lipinski definition) is 2. The van der Waals surface area contributed by atoms with Crippen LogP contribution in [-0.2, 0) is 9.53 Å². The first-order valence-corrected chi connectivity index (χ1v) is 5.99. The third kappa shape index (κ3) is 6.75. The largest absolute Gasteiger partial charge is 0.366 e. The van der Waals surface area contributed by atoms with Gasteiger partial charge >= 0.3 is 0 Å². The van der Waals surface area contributed by atoms with Gasteiger partial charge in [-0.1, -0.05) is 13.8 Å². The average Bonchev–Trinajstić information content (AvgIpc) is 2.35. The summed E-state index contributed by atoms with van der Waals surface area (Å²) in [4.78, 5) is 14.0. The minimum atomic E-state index is -0.321. The van der Waals surface area contributed by atoms with Gasteiger partial charge in [0.15, 0.2) is 0 Å². The monoisotopic (exact) mass is 301 g/mol. The second-order valence-electron chi connectivity index (χ2n) is 4.34. The lowest BCUT2D eigenvalue weighted by Crippen LogP contribution is -2.50. The summed E-state index contributed by atoms with van der Waals surface area (Å²) in [6, 6.07) is 0. The predicted octanol–water partition coefficient (Wildman–Crippen LogP) is 0.262. The van der Waals surface area contributed by atoms with E-state index in [4.69, 9.17) is 10.5 Å². The van der Waals surface area contributed by atoms with E-state index in [0.717, 1.165) is 13.1 Å². The number of halogens is 2. The van der Waals surface area contributed by atoms with Crippen LogP contribution >= 0.6 is 24.8 Å². The molecule has 0 saturated carbocycles. The predicted molar refractivity (Wildman–Crippen MR) is 77.6 cm³/mol. The molecule has 0 aromatic carbocycles. The Balaban J connectivity index is 0. The van der Waals surface area contributed by atoms with Crippen molar-refractivity contribution in [1.82, 2.24) is 10.2 Å². The van der Waals surface area contributed by atoms with Crippen molar-refractivity contribution >= 4 is 30.7 Å². The lowest BCUT2D eigenvalue weighted by molar-refractivity contribution is -0.138. The molecule has 110 valence electrons. The Kier molecular flexibility index (Phi) is 12.2. The third-order valence-corrected chi connectivity index (χ3v) is 2.92. The van der Waals surface area contributed by atoms with Crippen LogP contribution < -0.4 is 11.1 Å². The molecule has 1 saturated heterocycles. The molecule has 5 nitrogen and oxygen atoms in total. The van der Waals surface area contributed by atoms with E-state index in [0.29, 0.717) is 32.2 Å². The van der Waals surface area contributed by atoms with Gasteiger partial charge in [0, 0.05) is 19.6 Å². The van der Waals surface area contributed by atoms with Crippen LogP contribution in [0.1, 0.15) is 13.8 Å². The number of likely N-dealkylation sites (N-methyl/N-ethyl adjacent to an activating group) is 1. The number of morpholine rings is 1. The molecule has 0 spiro atoms. The number of nitrogens with one attached hydrogen (secondary N) is 1. The van der Waals surface area contributed by atoms with Gasteiger partial charge in [0.2, 0.25) is 5.91 Å². The highest BCUT2D eigenvalue weighted by molar-refractivity contribution is 5.85. The number of rotatable bonds is 5. The van der Waals surface area contributed by atoms with E-state index in [2.05, 4.69) is 17.1 Å². The van der Waals surface area contributed by atoms with Crippen molar-refractivity contribution in [2.45, 2.75) is 20.0 Å². The van der Waals surface area contributed by atoms with Crippen LogP contribution in [0.25, 0.3) is 0 Å². The first-order chi connectivity index (χ1) is 7.67. The normalized spacial score (nSPS) is 21.4. The van der Waals surface area contributed by atoms with Crippen molar-refractivity contribution in [2.75, 3.05) is 39.3 Å². The van der Waals surface area contributed by atoms with Crippen LogP contribution in [0, 0.1) is 5.92 Å². The molecule has 1 amide bonds. The van der Waals surface area contributed by atoms with Crippen molar-refractivity contribution in [1.29, 1.82) is 0 Å². The molecule has 0 radical (unpaired) electrons. The molecule has 1 aliphatic heterocycles. The maximum atomic E-state index is 11.8. The van der Waals surface area contributed by atoms with Gasteiger partial charge in [-0.2, -0.15) is 0 Å². The third-order valence-electron chi connectivity index (χ3n) is 2.92. The highest BCUT2D eigenvalue weighted by atomic mass is 35.5. The van der Waals surface area contributed by atoms with Crippen LogP contribution in [0.2, 0.25) is 0 Å². The second-order valence-corrected chi connectivity index (χ2v) is 4.34. The fourth-order valence-electron chi connectivity index (χ4n) is 1.62. The van der Waals surface area contributed by atoms with Gasteiger partial charge in [-0.15, -0.1) is 24.8 Å². The summed E-state index contributed by atoms with van der Waals surface area (Å²) in [6.45, 7) is 8.54. The molecule has 0 aromatic heterocycles. The van der Waals surface area contributed by atoms with Gasteiger partial charge in [0.05, 0.1) is 6.61 Å². The lowest BCUT2D eigenvalue weighted by Gasteiger charge is -2.31. The summed E-state index contributed by atoms with van der Waals surface area (Å²) < 4.78 is 5.45. The molecule has 2 atom stereocenters. The molecule has 1 fully saturated rings. The van der Waals surface area contributed by atoms with E-state index in [1.165, 1.54) is 0 Å². The van der Waals surface area contributed by atoms with E-state index in [1.54, 1.807) is 0 Å². The number of amides is 1. The number of hydrogen-bond acceptors (Lipinski definition) is 4. The molecule has 3 N–H and O–H groups in total. The van der Waals surface area contributed by atoms with Crippen molar-refractivity contribution < 1.29 is 9.53 Å². The number of ether oxygens (including phenoxy) is 1. The fraction of sp³-hybridized carbons (Fsp3) is 0.909. The van der Waals surface area contributed by atoms with Gasteiger partial charge in [0.1, 0.15) is 6.10 Å². The fourth-order valence-corrected chi connectivity index (χ4v) is 1.62. The minimum absolute atomic E-state index is 0. The molecule has 2 unspecified atom stereocenters. The Morgan fingerprint density at radius 3 is 2.78 bits per heavy atom. The quantitative estimate of drug-likeness (QED) is 0.764. The van der Waals surface area contributed by atoms with Gasteiger partial charge in [0.25, 0.3) is 0 Å². The lowest BCUT2D eigenvalue weighted by atomic mass is 10.2. The van der Waals surface area contributed by atoms with Gasteiger partial charge in [-0.05, 0) is 19.0 Å². The topological polar surface area (TPSA) is 67.6 Å². The second kappa shape index (κ2) is 10.8. The zero-order valence-electron chi connectivity index (χ0n) is 11.1. The Bertz CT molecular complexity index is 232. The summed E-state index contributed by atoms with van der Waals surface area (Å²) in [5.74, 6) is 0.299. The van der Waals surface area contributed by atoms with Crippen molar-refractivity contribution in [2.24, 2.45) is 11.7 Å². The Labute approximate surface area is 122 Å². The molecule has 18 heavy (non-hydrogen) atoms. The highest BCUT2D eigenvalue weighted by Crippen LogP contribution is 2.04. The van der Waals surface area contributed by atoms with Crippen LogP contribution in [0.3, 0.4) is 0 Å². The molecule has 0 aromatic rings. The number of carbonyl (C=O) groups excluding carboxylic acids is 1. The minimum Gasteiger partial charge on any atom is -0.366 e. The molecule has 0 aliphatic carbocycles. The summed E-state index contributed by atoms with van der Waals surface area (Å²) >= 11 is 0. The molecular formula is C11H25Cl2N3O2. The summed E-state index contributed by atoms with van der Waals surface area (Å²) in [5, 5.41) is 2.88. The standard InChI is InChI=1S/C11H23N3O2.2ClH/c1-3-14-4-5-16-10(8-14)11(15)13-7-9(2)6-12;;/h9-10H,3-8,12H2,1-2H3,(H,13,15);2*1H. The Morgan fingerprint density at radius 2 is 2.22 bits per heavy atom. The number of carbonyl (C=O) groups is 1. The van der Waals surface area contributed by atoms with Gasteiger partial charge in [-0.3, -0.25) is 9.69 Å². The van der Waals surface area contributed by atoms with Crippen LogP contribution in [0.4, 0.5) is 0 Å². The highest BCUT2D eigenvalue weighted by Gasteiger charge is 2.25. The SMILES string of the molecule is CCN1CCOC(C(=O)NCC(C)CN)C1.Cl.Cl. The van der Waals surface area contributed by atoms with Crippen molar-refractivity contribution in [3.8, 4) is 0 Å². The molecule has 1 aliphatic rings. The molecule has 0 bridgehead atoms. The van der Waals surface area contributed by atoms with E-state index >= 15 is 0 Å². The zero-order valence-corrected chi connectivity index (χ0v) is 12.7. The maximum absolute atomic E-state index is 11.8. The smallest absolute Gasteiger partial charge is 0.250 e. The molecule has 1 heterocycles. The number of nitrogens with zero attached hydrogens (tertiary/aromatic N) is 1. The summed E-state index contributed by atoms with van der Waals surface area (Å²) in [5.41, 5.74) is 5.49. The van der Waals surface area contributed by atoms with Crippen molar-refractivity contribution in [3.05, 3.63) is 0 Å². The van der Waals surface area contributed by atoms with E-state index < -0.39 is 0 Å². The summed E-state index contributed by atoms with van der Waals surface area (Å²) in [7, 11) is 0. The number of nitrogens with two attached hydrogens (primary N) is 1. The molecule has 1 rings (SSSR count). The maximum Gasteiger partial charge on any atom is 0.250 e. The Morgan fingerprint density at radius 1 is 1.56 bits per heavy atom. The van der Waals surface area contributed by atoms with Crippen LogP contribution in [-0.4, -0.2) is 56.2 Å². The molecular weight excluding hydrogens is 277 g/mol. The van der Waals surface area contributed by atoms with Gasteiger partial charge < -0.3 is 15.8 Å². The summed E-state index contributed by atoms with van der Waals surface area (Å²) in [6.07, 6.45) is -0.321. The first kappa shape index (κ1) is 20.3. The zero-order chi connectivity index (χ0) is 12.0.